The summed E-state index contributed by atoms with van der Waals surface area (Å²) in [5.41, 5.74) is 1.85. The summed E-state index contributed by atoms with van der Waals surface area (Å²) < 4.78 is 5.17. The molecule has 31 heavy (non-hydrogen) atoms. The number of hydrogen-bond acceptors (Lipinski definition) is 4. The minimum absolute atomic E-state index is 0.109. The Balaban J connectivity index is 2.12. The van der Waals surface area contributed by atoms with Crippen LogP contribution < -0.4 is 10.1 Å². The Morgan fingerprint density at radius 3 is 2.42 bits per heavy atom. The van der Waals surface area contributed by atoms with Crippen LogP contribution in [-0.2, 0) is 21.9 Å². The number of ether oxygens (including phenoxy) is 1. The van der Waals surface area contributed by atoms with Crippen LogP contribution >= 0.6 is 35.0 Å². The topological polar surface area (TPSA) is 58.6 Å². The van der Waals surface area contributed by atoms with E-state index in [1.807, 2.05) is 38.1 Å². The predicted octanol–water partition coefficient (Wildman–Crippen LogP) is 5.18. The van der Waals surface area contributed by atoms with Crippen molar-refractivity contribution in [2.24, 2.45) is 0 Å². The molecule has 1 N–H and O–H groups in total. The van der Waals surface area contributed by atoms with Crippen molar-refractivity contribution in [3.63, 3.8) is 0 Å². The van der Waals surface area contributed by atoms with E-state index in [-0.39, 0.29) is 24.1 Å². The van der Waals surface area contributed by atoms with E-state index < -0.39 is 6.04 Å². The van der Waals surface area contributed by atoms with Gasteiger partial charge in [0.25, 0.3) is 0 Å². The Kier molecular flexibility index (Phi) is 10.5. The molecule has 2 aromatic carbocycles. The van der Waals surface area contributed by atoms with E-state index in [9.17, 15) is 9.59 Å². The van der Waals surface area contributed by atoms with Gasteiger partial charge in [-0.15, -0.1) is 11.8 Å². The lowest BCUT2D eigenvalue weighted by atomic mass is 10.1. The number of benzene rings is 2. The molecule has 0 saturated heterocycles. The largest absolute Gasteiger partial charge is 0.497 e. The van der Waals surface area contributed by atoms with E-state index in [0.29, 0.717) is 28.8 Å². The summed E-state index contributed by atoms with van der Waals surface area (Å²) in [5, 5.41) is 3.83. The maximum Gasteiger partial charge on any atom is 0.242 e. The van der Waals surface area contributed by atoms with E-state index in [2.05, 4.69) is 5.32 Å². The van der Waals surface area contributed by atoms with E-state index in [4.69, 9.17) is 27.9 Å². The predicted molar refractivity (Wildman–Crippen MR) is 129 cm³/mol. The molecule has 0 radical (unpaired) electrons. The zero-order valence-corrected chi connectivity index (χ0v) is 20.3. The minimum Gasteiger partial charge on any atom is -0.497 e. The van der Waals surface area contributed by atoms with Gasteiger partial charge in [-0.3, -0.25) is 9.59 Å². The lowest BCUT2D eigenvalue weighted by Gasteiger charge is -2.30. The van der Waals surface area contributed by atoms with Crippen molar-refractivity contribution >= 4 is 46.8 Å². The molecule has 0 aliphatic rings. The molecular formula is C23H28Cl2N2O3S. The van der Waals surface area contributed by atoms with Gasteiger partial charge in [-0.1, -0.05) is 48.3 Å². The van der Waals surface area contributed by atoms with E-state index in [1.165, 1.54) is 11.8 Å². The van der Waals surface area contributed by atoms with Gasteiger partial charge in [0.05, 0.1) is 12.9 Å². The molecule has 8 heteroatoms. The first kappa shape index (κ1) is 25.4. The third-order valence-corrected chi connectivity index (χ3v) is 6.32. The molecule has 1 atom stereocenters. The van der Waals surface area contributed by atoms with Gasteiger partial charge in [0.15, 0.2) is 0 Å². The van der Waals surface area contributed by atoms with Crippen LogP contribution in [0.1, 0.15) is 31.4 Å². The van der Waals surface area contributed by atoms with Crippen molar-refractivity contribution in [2.45, 2.75) is 38.6 Å². The smallest absolute Gasteiger partial charge is 0.242 e. The van der Waals surface area contributed by atoms with Gasteiger partial charge in [0.1, 0.15) is 11.8 Å². The first-order valence-corrected chi connectivity index (χ1v) is 12.0. The Bertz CT molecular complexity index is 878. The average Bonchev–Trinajstić information content (AvgIpc) is 2.75. The number of nitrogens with zero attached hydrogens (tertiary/aromatic N) is 1. The molecule has 1 unspecified atom stereocenters. The maximum atomic E-state index is 13.2. The van der Waals surface area contributed by atoms with Crippen LogP contribution in [-0.4, -0.2) is 42.2 Å². The molecule has 0 bridgehead atoms. The fourth-order valence-corrected chi connectivity index (χ4v) is 4.44. The normalized spacial score (nSPS) is 11.6. The molecule has 0 aromatic heterocycles. The monoisotopic (exact) mass is 482 g/mol. The molecule has 2 rings (SSSR count). The lowest BCUT2D eigenvalue weighted by Crippen LogP contribution is -2.49. The van der Waals surface area contributed by atoms with Crippen molar-refractivity contribution in [3.05, 3.63) is 63.6 Å². The van der Waals surface area contributed by atoms with Crippen LogP contribution in [0.25, 0.3) is 0 Å². The molecule has 0 fully saturated rings. The van der Waals surface area contributed by atoms with Crippen LogP contribution in [0.2, 0.25) is 10.0 Å². The van der Waals surface area contributed by atoms with Gasteiger partial charge in [0, 0.05) is 28.9 Å². The Labute approximate surface area is 198 Å². The molecule has 2 aromatic rings. The van der Waals surface area contributed by atoms with Gasteiger partial charge < -0.3 is 15.0 Å². The van der Waals surface area contributed by atoms with Crippen LogP contribution in [0.15, 0.2) is 42.5 Å². The van der Waals surface area contributed by atoms with E-state index in [1.54, 1.807) is 30.2 Å². The highest BCUT2D eigenvalue weighted by Crippen LogP contribution is 2.24. The molecule has 5 nitrogen and oxygen atoms in total. The fraction of sp³-hybridized carbons (Fsp3) is 0.391. The first-order valence-electron chi connectivity index (χ1n) is 10.1. The number of thioether (sulfide) groups is 1. The number of rotatable bonds is 11. The molecule has 2 amide bonds. The summed E-state index contributed by atoms with van der Waals surface area (Å²) in [7, 11) is 1.63. The highest BCUT2D eigenvalue weighted by Gasteiger charge is 2.28. The Morgan fingerprint density at radius 2 is 1.84 bits per heavy atom. The lowest BCUT2D eigenvalue weighted by molar-refractivity contribution is -0.139. The highest BCUT2D eigenvalue weighted by molar-refractivity contribution is 7.99. The third kappa shape index (κ3) is 7.63. The van der Waals surface area contributed by atoms with Crippen molar-refractivity contribution in [1.29, 1.82) is 0 Å². The molecule has 168 valence electrons. The van der Waals surface area contributed by atoms with Gasteiger partial charge >= 0.3 is 0 Å². The molecule has 0 saturated carbocycles. The summed E-state index contributed by atoms with van der Waals surface area (Å²) in [4.78, 5) is 27.4. The number of likely N-dealkylation sites (N-methyl/N-ethyl adjacent to an activating group) is 1. The number of methoxy groups -OCH3 is 1. The van der Waals surface area contributed by atoms with Gasteiger partial charge in [-0.2, -0.15) is 0 Å². The van der Waals surface area contributed by atoms with Gasteiger partial charge in [-0.05, 0) is 48.7 Å². The van der Waals surface area contributed by atoms with Crippen molar-refractivity contribution in [2.75, 3.05) is 19.4 Å². The number of halogens is 2. The molecule has 0 aliphatic heterocycles. The summed E-state index contributed by atoms with van der Waals surface area (Å²) in [6.45, 7) is 4.50. The number of carbonyl (C=O) groups is 2. The van der Waals surface area contributed by atoms with Crippen molar-refractivity contribution < 1.29 is 14.3 Å². The standard InChI is InChI=1S/C23H28Cl2N2O3S/c1-4-21(23(29)26-5-2)27(13-17-8-9-18(24)12-20(17)25)22(28)15-31-14-16-6-10-19(30-3)11-7-16/h6-12,21H,4-5,13-15H2,1-3H3,(H,26,29). The number of nitrogens with one attached hydrogen (secondary N) is 1. The third-order valence-electron chi connectivity index (χ3n) is 4.75. The number of hydrogen-bond donors (Lipinski definition) is 1. The summed E-state index contributed by atoms with van der Waals surface area (Å²) >= 11 is 13.8. The zero-order chi connectivity index (χ0) is 22.8. The Hall–Kier alpha value is -1.89. The molecule has 0 aliphatic carbocycles. The Morgan fingerprint density at radius 1 is 1.13 bits per heavy atom. The first-order chi connectivity index (χ1) is 14.9. The van der Waals surface area contributed by atoms with E-state index in [0.717, 1.165) is 16.9 Å². The summed E-state index contributed by atoms with van der Waals surface area (Å²) in [6.07, 6.45) is 0.506. The summed E-state index contributed by atoms with van der Waals surface area (Å²) in [6, 6.07) is 12.4. The van der Waals surface area contributed by atoms with Crippen molar-refractivity contribution in [3.8, 4) is 5.75 Å². The highest BCUT2D eigenvalue weighted by atomic mass is 35.5. The fourth-order valence-electron chi connectivity index (χ4n) is 3.11. The molecule has 0 heterocycles. The average molecular weight is 483 g/mol. The minimum atomic E-state index is -0.569. The summed E-state index contributed by atoms with van der Waals surface area (Å²) in [5.74, 6) is 1.46. The second-order valence-corrected chi connectivity index (χ2v) is 8.75. The van der Waals surface area contributed by atoms with Crippen LogP contribution in [0, 0.1) is 0 Å². The maximum absolute atomic E-state index is 13.2. The number of carbonyl (C=O) groups excluding carboxylic acids is 2. The SMILES string of the molecule is CCNC(=O)C(CC)N(Cc1ccc(Cl)cc1Cl)C(=O)CSCc1ccc(OC)cc1. The van der Waals surface area contributed by atoms with Crippen LogP contribution in [0.3, 0.4) is 0 Å². The van der Waals surface area contributed by atoms with Crippen LogP contribution in [0.5, 0.6) is 5.75 Å². The van der Waals surface area contributed by atoms with Crippen molar-refractivity contribution in [1.82, 2.24) is 10.2 Å². The van der Waals surface area contributed by atoms with E-state index >= 15 is 0 Å². The zero-order valence-electron chi connectivity index (χ0n) is 18.0. The van der Waals surface area contributed by atoms with Gasteiger partial charge in [-0.25, -0.2) is 0 Å². The van der Waals surface area contributed by atoms with Crippen LogP contribution in [0.4, 0.5) is 0 Å². The second-order valence-electron chi connectivity index (χ2n) is 6.92. The number of amides is 2. The van der Waals surface area contributed by atoms with Gasteiger partial charge in [0.2, 0.25) is 11.8 Å². The second kappa shape index (κ2) is 12.8. The molecule has 0 spiro atoms. The quantitative estimate of drug-likeness (QED) is 0.479. The molecular weight excluding hydrogens is 455 g/mol.